The summed E-state index contributed by atoms with van der Waals surface area (Å²) in [6.07, 6.45) is 0.596. The molecule has 0 aromatic carbocycles. The highest BCUT2D eigenvalue weighted by Crippen LogP contribution is 2.03. The van der Waals surface area contributed by atoms with Crippen molar-refractivity contribution in [2.75, 3.05) is 26.4 Å². The summed E-state index contributed by atoms with van der Waals surface area (Å²) in [4.78, 5) is 9.96. The van der Waals surface area contributed by atoms with E-state index in [1.807, 2.05) is 13.8 Å². The summed E-state index contributed by atoms with van der Waals surface area (Å²) in [6.45, 7) is 5.26. The van der Waals surface area contributed by atoms with Crippen LogP contribution in [0.15, 0.2) is 16.5 Å². The van der Waals surface area contributed by atoms with Crippen molar-refractivity contribution < 1.29 is 29.3 Å². The minimum atomic E-state index is -0.159. The van der Waals surface area contributed by atoms with E-state index in [-0.39, 0.29) is 25.6 Å². The molecule has 1 rings (SSSR count). The molecule has 0 atom stereocenters. The molecule has 18 heavy (non-hydrogen) atoms. The fourth-order valence-electron chi connectivity index (χ4n) is 0.747. The Hall–Kier alpha value is -1.21. The first-order valence-electron chi connectivity index (χ1n) is 5.64. The third-order valence-electron chi connectivity index (χ3n) is 1.46. The lowest BCUT2D eigenvalue weighted by Crippen LogP contribution is -1.85. The summed E-state index contributed by atoms with van der Waals surface area (Å²) in [7, 11) is 0. The van der Waals surface area contributed by atoms with E-state index in [1.165, 1.54) is 6.07 Å². The molecule has 0 radical (unpaired) electrons. The van der Waals surface area contributed by atoms with Crippen LogP contribution in [0.1, 0.15) is 30.2 Å². The third-order valence-corrected chi connectivity index (χ3v) is 1.46. The predicted molar refractivity (Wildman–Crippen MR) is 66.4 cm³/mol. The normalized spacial score (nSPS) is 8.72. The van der Waals surface area contributed by atoms with Crippen LogP contribution in [0.4, 0.5) is 0 Å². The molecule has 0 aliphatic heterocycles. The van der Waals surface area contributed by atoms with Gasteiger partial charge in [0.2, 0.25) is 0 Å². The van der Waals surface area contributed by atoms with E-state index in [4.69, 9.17) is 24.5 Å². The largest absolute Gasteiger partial charge is 0.456 e. The zero-order valence-corrected chi connectivity index (χ0v) is 10.8. The molecule has 1 heterocycles. The van der Waals surface area contributed by atoms with E-state index < -0.39 is 0 Å². The van der Waals surface area contributed by atoms with Crippen molar-refractivity contribution in [1.29, 1.82) is 0 Å². The number of furan rings is 1. The summed E-state index contributed by atoms with van der Waals surface area (Å²) in [6, 6.07) is 3.07. The Kier molecular flexibility index (Phi) is 16.8. The fourth-order valence-corrected chi connectivity index (χ4v) is 0.747. The highest BCUT2D eigenvalue weighted by molar-refractivity contribution is 5.70. The number of rotatable bonds is 5. The SMILES string of the molecule is CCOCC.O=Cc1ccc(CO)o1.OCCO. The lowest BCUT2D eigenvalue weighted by molar-refractivity contribution is 0.109. The second-order valence-corrected chi connectivity index (χ2v) is 2.81. The molecule has 0 unspecified atom stereocenters. The van der Waals surface area contributed by atoms with Crippen LogP contribution in [0.3, 0.4) is 0 Å². The number of carbonyl (C=O) groups excluding carboxylic acids is 1. The van der Waals surface area contributed by atoms with Crippen LogP contribution in [0.2, 0.25) is 0 Å². The number of hydrogen-bond donors (Lipinski definition) is 3. The van der Waals surface area contributed by atoms with Gasteiger partial charge in [-0.2, -0.15) is 0 Å². The van der Waals surface area contributed by atoms with Crippen LogP contribution in [0.5, 0.6) is 0 Å². The van der Waals surface area contributed by atoms with Gasteiger partial charge in [0.15, 0.2) is 12.0 Å². The van der Waals surface area contributed by atoms with E-state index in [1.54, 1.807) is 6.07 Å². The Balaban J connectivity index is 0. The molecule has 106 valence electrons. The maximum atomic E-state index is 9.96. The van der Waals surface area contributed by atoms with Gasteiger partial charge < -0.3 is 24.5 Å². The molecule has 0 spiro atoms. The van der Waals surface area contributed by atoms with Crippen molar-refractivity contribution in [3.05, 3.63) is 23.7 Å². The Morgan fingerprint density at radius 1 is 1.17 bits per heavy atom. The van der Waals surface area contributed by atoms with Gasteiger partial charge in [-0.05, 0) is 26.0 Å². The van der Waals surface area contributed by atoms with Crippen LogP contribution in [0.25, 0.3) is 0 Å². The van der Waals surface area contributed by atoms with E-state index in [2.05, 4.69) is 0 Å². The summed E-state index contributed by atoms with van der Waals surface area (Å²) in [5, 5.41) is 23.7. The van der Waals surface area contributed by atoms with E-state index in [0.29, 0.717) is 12.0 Å². The first kappa shape index (κ1) is 19.1. The second kappa shape index (κ2) is 15.8. The Morgan fingerprint density at radius 2 is 1.72 bits per heavy atom. The average Bonchev–Trinajstić information content (AvgIpc) is 2.88. The number of aliphatic hydroxyl groups excluding tert-OH is 3. The third kappa shape index (κ3) is 12.9. The van der Waals surface area contributed by atoms with Gasteiger partial charge in [0.25, 0.3) is 0 Å². The molecular weight excluding hydrogens is 240 g/mol. The molecular formula is C12H22O6. The van der Waals surface area contributed by atoms with E-state index in [0.717, 1.165) is 13.2 Å². The van der Waals surface area contributed by atoms with Crippen LogP contribution in [-0.4, -0.2) is 48.0 Å². The molecule has 1 aromatic rings. The van der Waals surface area contributed by atoms with Crippen molar-refractivity contribution in [2.45, 2.75) is 20.5 Å². The highest BCUT2D eigenvalue weighted by atomic mass is 16.5. The smallest absolute Gasteiger partial charge is 0.185 e. The maximum absolute atomic E-state index is 9.96. The van der Waals surface area contributed by atoms with Gasteiger partial charge in [-0.3, -0.25) is 4.79 Å². The summed E-state index contributed by atoms with van der Waals surface area (Å²) in [5.74, 6) is 0.663. The topological polar surface area (TPSA) is 100 Å². The van der Waals surface area contributed by atoms with Gasteiger partial charge >= 0.3 is 0 Å². The second-order valence-electron chi connectivity index (χ2n) is 2.81. The van der Waals surface area contributed by atoms with Crippen molar-refractivity contribution >= 4 is 6.29 Å². The van der Waals surface area contributed by atoms with Gasteiger partial charge in [0.1, 0.15) is 12.4 Å². The van der Waals surface area contributed by atoms with E-state index in [9.17, 15) is 4.79 Å². The van der Waals surface area contributed by atoms with Crippen LogP contribution in [0, 0.1) is 0 Å². The molecule has 0 fully saturated rings. The first-order chi connectivity index (χ1) is 8.69. The van der Waals surface area contributed by atoms with Gasteiger partial charge in [-0.15, -0.1) is 0 Å². The van der Waals surface area contributed by atoms with Gasteiger partial charge in [-0.25, -0.2) is 0 Å². The molecule has 6 nitrogen and oxygen atoms in total. The molecule has 0 saturated carbocycles. The molecule has 0 aliphatic rings. The van der Waals surface area contributed by atoms with Crippen molar-refractivity contribution in [1.82, 2.24) is 0 Å². The van der Waals surface area contributed by atoms with Crippen LogP contribution >= 0.6 is 0 Å². The Bertz CT molecular complexity index is 267. The standard InChI is InChI=1S/C6H6O3.C4H10O.C2H6O2/c7-3-5-1-2-6(4-8)9-5;1-3-5-4-2;3-1-2-4/h1-3,8H,4H2;3-4H2,1-2H3;3-4H,1-2H2. The number of aliphatic hydroxyl groups is 3. The van der Waals surface area contributed by atoms with Crippen LogP contribution in [-0.2, 0) is 11.3 Å². The first-order valence-corrected chi connectivity index (χ1v) is 5.64. The number of hydrogen-bond acceptors (Lipinski definition) is 6. The Labute approximate surface area is 107 Å². The molecule has 0 aliphatic carbocycles. The lowest BCUT2D eigenvalue weighted by Gasteiger charge is -1.86. The molecule has 3 N–H and O–H groups in total. The maximum Gasteiger partial charge on any atom is 0.185 e. The van der Waals surface area contributed by atoms with Crippen molar-refractivity contribution in [3.63, 3.8) is 0 Å². The van der Waals surface area contributed by atoms with Gasteiger partial charge in [0.05, 0.1) is 13.2 Å². The van der Waals surface area contributed by atoms with Crippen molar-refractivity contribution in [2.24, 2.45) is 0 Å². The number of aldehydes is 1. The fraction of sp³-hybridized carbons (Fsp3) is 0.583. The highest BCUT2D eigenvalue weighted by Gasteiger charge is 1.96. The Morgan fingerprint density at radius 3 is 1.89 bits per heavy atom. The van der Waals surface area contributed by atoms with Gasteiger partial charge in [-0.1, -0.05) is 0 Å². The van der Waals surface area contributed by atoms with Crippen LogP contribution < -0.4 is 0 Å². The molecule has 0 bridgehead atoms. The number of carbonyl (C=O) groups is 1. The minimum Gasteiger partial charge on any atom is -0.456 e. The quantitative estimate of drug-likeness (QED) is 0.672. The average molecular weight is 262 g/mol. The molecule has 6 heteroatoms. The summed E-state index contributed by atoms with van der Waals surface area (Å²) in [5.41, 5.74) is 0. The molecule has 1 aromatic heterocycles. The number of ether oxygens (including phenoxy) is 1. The van der Waals surface area contributed by atoms with E-state index >= 15 is 0 Å². The minimum absolute atomic E-state index is 0.125. The molecule has 0 amide bonds. The van der Waals surface area contributed by atoms with Gasteiger partial charge in [0, 0.05) is 13.2 Å². The predicted octanol–water partition coefficient (Wildman–Crippen LogP) is 0.598. The molecule has 0 saturated heterocycles. The summed E-state index contributed by atoms with van der Waals surface area (Å²) >= 11 is 0. The lowest BCUT2D eigenvalue weighted by atomic mass is 10.4. The van der Waals surface area contributed by atoms with Crippen molar-refractivity contribution in [3.8, 4) is 0 Å². The zero-order valence-electron chi connectivity index (χ0n) is 10.8. The monoisotopic (exact) mass is 262 g/mol. The summed E-state index contributed by atoms with van der Waals surface area (Å²) < 4.78 is 9.60. The zero-order chi connectivity index (χ0) is 14.2.